The van der Waals surface area contributed by atoms with E-state index in [2.05, 4.69) is 0 Å². The van der Waals surface area contributed by atoms with Crippen molar-refractivity contribution in [1.29, 1.82) is 0 Å². The maximum atomic E-state index is 13.7. The van der Waals surface area contributed by atoms with Gasteiger partial charge in [-0.15, -0.1) is 0 Å². The van der Waals surface area contributed by atoms with E-state index in [1.54, 1.807) is 6.07 Å². The lowest BCUT2D eigenvalue weighted by Gasteiger charge is -2.09. The monoisotopic (exact) mass is 280 g/mol. The number of carbonyl (C=O) groups excluding carboxylic acids is 1. The molecule has 2 rings (SSSR count). The summed E-state index contributed by atoms with van der Waals surface area (Å²) in [7, 11) is 0. The van der Waals surface area contributed by atoms with Gasteiger partial charge in [-0.1, -0.05) is 17.7 Å². The van der Waals surface area contributed by atoms with E-state index < -0.39 is 11.7 Å². The van der Waals surface area contributed by atoms with Crippen LogP contribution >= 0.6 is 11.6 Å². The van der Waals surface area contributed by atoms with Crippen LogP contribution in [0.5, 0.6) is 11.5 Å². The summed E-state index contributed by atoms with van der Waals surface area (Å²) in [6, 6.07) is 8.67. The summed E-state index contributed by atoms with van der Waals surface area (Å²) in [5.41, 5.74) is 11.1. The molecule has 0 aliphatic carbocycles. The molecule has 4 nitrogen and oxygen atoms in total. The first-order valence-electron chi connectivity index (χ1n) is 5.30. The van der Waals surface area contributed by atoms with Crippen LogP contribution in [0, 0.1) is 5.82 Å². The fourth-order valence-corrected chi connectivity index (χ4v) is 1.67. The predicted molar refractivity (Wildman–Crippen MR) is 70.9 cm³/mol. The number of amides is 1. The standard InChI is InChI=1S/C13H10ClFN2O2/c14-9-2-1-3-11(12(9)15)19-7-4-5-10(16)8(6-7)13(17)18/h1-6H,16H2,(H2,17,18). The Morgan fingerprint density at radius 1 is 1.26 bits per heavy atom. The molecule has 4 N–H and O–H groups in total. The smallest absolute Gasteiger partial charge is 0.250 e. The van der Waals surface area contributed by atoms with Crippen molar-refractivity contribution in [2.75, 3.05) is 5.73 Å². The lowest BCUT2D eigenvalue weighted by Crippen LogP contribution is -2.13. The number of hydrogen-bond donors (Lipinski definition) is 2. The Kier molecular flexibility index (Phi) is 3.57. The highest BCUT2D eigenvalue weighted by Gasteiger charge is 2.11. The molecule has 0 aliphatic heterocycles. The van der Waals surface area contributed by atoms with E-state index in [0.717, 1.165) is 0 Å². The minimum atomic E-state index is -0.686. The molecule has 0 heterocycles. The fraction of sp³-hybridized carbons (Fsp3) is 0. The number of rotatable bonds is 3. The molecule has 0 saturated carbocycles. The van der Waals surface area contributed by atoms with Crippen LogP contribution < -0.4 is 16.2 Å². The normalized spacial score (nSPS) is 10.2. The van der Waals surface area contributed by atoms with Gasteiger partial charge in [0.05, 0.1) is 10.6 Å². The first-order chi connectivity index (χ1) is 8.99. The molecule has 0 spiro atoms. The molecule has 1 amide bonds. The molecule has 0 unspecified atom stereocenters. The molecule has 6 heteroatoms. The Morgan fingerprint density at radius 2 is 2.00 bits per heavy atom. The third-order valence-corrected chi connectivity index (χ3v) is 2.73. The highest BCUT2D eigenvalue weighted by Crippen LogP contribution is 2.30. The molecule has 0 saturated heterocycles. The van der Waals surface area contributed by atoms with E-state index in [9.17, 15) is 9.18 Å². The molecule has 0 bridgehead atoms. The number of nitrogens with two attached hydrogens (primary N) is 2. The van der Waals surface area contributed by atoms with Gasteiger partial charge in [0, 0.05) is 5.69 Å². The molecule has 0 fully saturated rings. The Bertz CT molecular complexity index is 647. The van der Waals surface area contributed by atoms with Crippen molar-refractivity contribution in [1.82, 2.24) is 0 Å². The van der Waals surface area contributed by atoms with Crippen LogP contribution in [0.1, 0.15) is 10.4 Å². The van der Waals surface area contributed by atoms with Crippen LogP contribution in [0.25, 0.3) is 0 Å². The summed E-state index contributed by atoms with van der Waals surface area (Å²) in [6.45, 7) is 0. The number of halogens is 2. The summed E-state index contributed by atoms with van der Waals surface area (Å²) in [6.07, 6.45) is 0. The predicted octanol–water partition coefficient (Wildman–Crippen LogP) is 2.95. The van der Waals surface area contributed by atoms with E-state index in [1.165, 1.54) is 30.3 Å². The first kappa shape index (κ1) is 13.2. The molecule has 0 atom stereocenters. The highest BCUT2D eigenvalue weighted by molar-refractivity contribution is 6.30. The van der Waals surface area contributed by atoms with Gasteiger partial charge in [-0.25, -0.2) is 4.39 Å². The van der Waals surface area contributed by atoms with Gasteiger partial charge >= 0.3 is 0 Å². The van der Waals surface area contributed by atoms with Gasteiger partial charge in [0.15, 0.2) is 11.6 Å². The number of nitrogen functional groups attached to an aromatic ring is 1. The number of benzene rings is 2. The molecule has 2 aromatic carbocycles. The van der Waals surface area contributed by atoms with Crippen LogP contribution in [0.15, 0.2) is 36.4 Å². The molecule has 2 aromatic rings. The molecule has 98 valence electrons. The Labute approximate surface area is 113 Å². The second kappa shape index (κ2) is 5.16. The lowest BCUT2D eigenvalue weighted by molar-refractivity contribution is 0.100. The van der Waals surface area contributed by atoms with Crippen molar-refractivity contribution in [3.05, 3.63) is 52.8 Å². The average Bonchev–Trinajstić information content (AvgIpc) is 2.37. The van der Waals surface area contributed by atoms with Gasteiger partial charge in [-0.2, -0.15) is 0 Å². The minimum absolute atomic E-state index is 0.0484. The Balaban J connectivity index is 2.36. The lowest BCUT2D eigenvalue weighted by atomic mass is 10.1. The minimum Gasteiger partial charge on any atom is -0.454 e. The summed E-state index contributed by atoms with van der Waals surface area (Å²) in [5.74, 6) is -1.17. The van der Waals surface area contributed by atoms with Crippen LogP contribution in [0.4, 0.5) is 10.1 Å². The number of hydrogen-bond acceptors (Lipinski definition) is 3. The highest BCUT2D eigenvalue weighted by atomic mass is 35.5. The van der Waals surface area contributed by atoms with Crippen LogP contribution in [-0.4, -0.2) is 5.91 Å². The van der Waals surface area contributed by atoms with Gasteiger partial charge < -0.3 is 16.2 Å². The average molecular weight is 281 g/mol. The van der Waals surface area contributed by atoms with Crippen molar-refractivity contribution in [3.8, 4) is 11.5 Å². The number of primary amides is 1. The molecule has 19 heavy (non-hydrogen) atoms. The first-order valence-corrected chi connectivity index (χ1v) is 5.68. The molecular weight excluding hydrogens is 271 g/mol. The summed E-state index contributed by atoms with van der Waals surface area (Å²) >= 11 is 5.64. The number of carbonyl (C=O) groups is 1. The van der Waals surface area contributed by atoms with Crippen LogP contribution in [-0.2, 0) is 0 Å². The quantitative estimate of drug-likeness (QED) is 0.849. The van der Waals surface area contributed by atoms with E-state index in [4.69, 9.17) is 27.8 Å². The molecular formula is C13H10ClFN2O2. The zero-order valence-electron chi connectivity index (χ0n) is 9.69. The SMILES string of the molecule is NC(=O)c1cc(Oc2cccc(Cl)c2F)ccc1N. The van der Waals surface area contributed by atoms with Crippen molar-refractivity contribution in [3.63, 3.8) is 0 Å². The summed E-state index contributed by atoms with van der Waals surface area (Å²) in [4.78, 5) is 11.1. The Morgan fingerprint density at radius 3 is 2.68 bits per heavy atom. The van der Waals surface area contributed by atoms with Crippen LogP contribution in [0.2, 0.25) is 5.02 Å². The third kappa shape index (κ3) is 2.77. The number of anilines is 1. The van der Waals surface area contributed by atoms with Gasteiger partial charge in [0.1, 0.15) is 5.75 Å². The van der Waals surface area contributed by atoms with Crippen molar-refractivity contribution >= 4 is 23.2 Å². The maximum absolute atomic E-state index is 13.7. The Hall–Kier alpha value is -2.27. The fourth-order valence-electron chi connectivity index (χ4n) is 1.50. The topological polar surface area (TPSA) is 78.3 Å². The van der Waals surface area contributed by atoms with Crippen molar-refractivity contribution < 1.29 is 13.9 Å². The van der Waals surface area contributed by atoms with Crippen LogP contribution in [0.3, 0.4) is 0 Å². The zero-order valence-corrected chi connectivity index (χ0v) is 10.4. The molecule has 0 radical (unpaired) electrons. The maximum Gasteiger partial charge on any atom is 0.250 e. The second-order valence-electron chi connectivity index (χ2n) is 3.77. The van der Waals surface area contributed by atoms with Gasteiger partial charge in [-0.05, 0) is 30.3 Å². The van der Waals surface area contributed by atoms with E-state index in [-0.39, 0.29) is 27.8 Å². The van der Waals surface area contributed by atoms with E-state index >= 15 is 0 Å². The molecule has 0 aromatic heterocycles. The van der Waals surface area contributed by atoms with Gasteiger partial charge in [0.2, 0.25) is 0 Å². The summed E-state index contributed by atoms with van der Waals surface area (Å²) < 4.78 is 19.0. The van der Waals surface area contributed by atoms with E-state index in [1.807, 2.05) is 0 Å². The largest absolute Gasteiger partial charge is 0.454 e. The van der Waals surface area contributed by atoms with E-state index in [0.29, 0.717) is 0 Å². The zero-order chi connectivity index (χ0) is 14.0. The number of ether oxygens (including phenoxy) is 1. The summed E-state index contributed by atoms with van der Waals surface area (Å²) in [5, 5.41) is -0.0527. The van der Waals surface area contributed by atoms with Gasteiger partial charge in [-0.3, -0.25) is 4.79 Å². The van der Waals surface area contributed by atoms with Crippen molar-refractivity contribution in [2.24, 2.45) is 5.73 Å². The van der Waals surface area contributed by atoms with Crippen molar-refractivity contribution in [2.45, 2.75) is 0 Å². The van der Waals surface area contributed by atoms with Gasteiger partial charge in [0.25, 0.3) is 5.91 Å². The second-order valence-corrected chi connectivity index (χ2v) is 4.17. The molecule has 0 aliphatic rings. The third-order valence-electron chi connectivity index (χ3n) is 2.43.